The standard InChI is InChI=1S/C18H18N2O2S2/c1-12-4-3-5-15(10-12)22-8-7-19-17(21)16-13(2)20-18(24-16)14-6-9-23-11-14/h3-6,9-11H,7-8H2,1-2H3,(H,19,21). The highest BCUT2D eigenvalue weighted by Crippen LogP contribution is 2.29. The Labute approximate surface area is 149 Å². The fourth-order valence-electron chi connectivity index (χ4n) is 2.24. The lowest BCUT2D eigenvalue weighted by molar-refractivity contribution is 0.0950. The van der Waals surface area contributed by atoms with Gasteiger partial charge in [0.05, 0.1) is 12.2 Å². The molecule has 0 fully saturated rings. The summed E-state index contributed by atoms with van der Waals surface area (Å²) in [4.78, 5) is 17.5. The average molecular weight is 358 g/mol. The number of nitrogens with zero attached hydrogens (tertiary/aromatic N) is 1. The summed E-state index contributed by atoms with van der Waals surface area (Å²) in [5, 5.41) is 7.82. The van der Waals surface area contributed by atoms with Gasteiger partial charge in [0.25, 0.3) is 5.91 Å². The minimum Gasteiger partial charge on any atom is -0.492 e. The molecule has 0 saturated carbocycles. The van der Waals surface area contributed by atoms with E-state index in [1.165, 1.54) is 11.3 Å². The number of aromatic nitrogens is 1. The predicted molar refractivity (Wildman–Crippen MR) is 99.2 cm³/mol. The first kappa shape index (κ1) is 16.7. The second-order valence-electron chi connectivity index (χ2n) is 5.37. The lowest BCUT2D eigenvalue weighted by Crippen LogP contribution is -2.27. The first-order chi connectivity index (χ1) is 11.6. The molecule has 3 rings (SSSR count). The third-order valence-electron chi connectivity index (χ3n) is 3.42. The molecular formula is C18H18N2O2S2. The number of aryl methyl sites for hydroxylation is 2. The largest absolute Gasteiger partial charge is 0.492 e. The molecule has 0 radical (unpaired) electrons. The minimum atomic E-state index is -0.0979. The van der Waals surface area contributed by atoms with E-state index < -0.39 is 0 Å². The Bertz CT molecular complexity index is 825. The lowest BCUT2D eigenvalue weighted by Gasteiger charge is -2.07. The zero-order valence-corrected chi connectivity index (χ0v) is 15.2. The summed E-state index contributed by atoms with van der Waals surface area (Å²) in [6, 6.07) is 9.88. The summed E-state index contributed by atoms with van der Waals surface area (Å²) in [7, 11) is 0. The molecule has 1 amide bonds. The Balaban J connectivity index is 1.54. The Morgan fingerprint density at radius 3 is 2.92 bits per heavy atom. The van der Waals surface area contributed by atoms with Crippen LogP contribution in [-0.4, -0.2) is 24.0 Å². The van der Waals surface area contributed by atoms with Gasteiger partial charge in [-0.25, -0.2) is 4.98 Å². The number of amides is 1. The number of thiophene rings is 1. The summed E-state index contributed by atoms with van der Waals surface area (Å²) in [5.41, 5.74) is 2.98. The van der Waals surface area contributed by atoms with Crippen LogP contribution in [0.5, 0.6) is 5.75 Å². The molecule has 6 heteroatoms. The van der Waals surface area contributed by atoms with Crippen molar-refractivity contribution in [3.63, 3.8) is 0 Å². The van der Waals surface area contributed by atoms with Crippen LogP contribution < -0.4 is 10.1 Å². The summed E-state index contributed by atoms with van der Waals surface area (Å²) in [6.45, 7) is 4.78. The van der Waals surface area contributed by atoms with Crippen molar-refractivity contribution < 1.29 is 9.53 Å². The fourth-order valence-corrected chi connectivity index (χ4v) is 3.93. The maximum Gasteiger partial charge on any atom is 0.263 e. The number of nitrogens with one attached hydrogen (secondary N) is 1. The van der Waals surface area contributed by atoms with Crippen LogP contribution in [0.1, 0.15) is 20.9 Å². The van der Waals surface area contributed by atoms with Crippen LogP contribution in [0.4, 0.5) is 0 Å². The van der Waals surface area contributed by atoms with Crippen LogP contribution in [0.15, 0.2) is 41.1 Å². The van der Waals surface area contributed by atoms with Crippen LogP contribution in [0, 0.1) is 13.8 Å². The number of carbonyl (C=O) groups excluding carboxylic acids is 1. The Morgan fingerprint density at radius 2 is 2.17 bits per heavy atom. The van der Waals surface area contributed by atoms with E-state index in [4.69, 9.17) is 4.74 Å². The van der Waals surface area contributed by atoms with Crippen LogP contribution in [0.2, 0.25) is 0 Å². The zero-order chi connectivity index (χ0) is 16.9. The smallest absolute Gasteiger partial charge is 0.263 e. The van der Waals surface area contributed by atoms with Crippen LogP contribution in [0.3, 0.4) is 0 Å². The summed E-state index contributed by atoms with van der Waals surface area (Å²) in [5.74, 6) is 0.720. The molecule has 0 aliphatic heterocycles. The van der Waals surface area contributed by atoms with Crippen molar-refractivity contribution in [1.29, 1.82) is 0 Å². The number of carbonyl (C=O) groups is 1. The number of hydrogen-bond acceptors (Lipinski definition) is 5. The van der Waals surface area contributed by atoms with E-state index in [0.29, 0.717) is 18.0 Å². The first-order valence-corrected chi connectivity index (χ1v) is 9.37. The quantitative estimate of drug-likeness (QED) is 0.669. The third kappa shape index (κ3) is 4.01. The van der Waals surface area contributed by atoms with Gasteiger partial charge in [-0.2, -0.15) is 11.3 Å². The molecular weight excluding hydrogens is 340 g/mol. The van der Waals surface area contributed by atoms with Crippen molar-refractivity contribution in [2.24, 2.45) is 0 Å². The lowest BCUT2D eigenvalue weighted by atomic mass is 10.2. The second kappa shape index (κ2) is 7.59. The molecule has 2 aromatic heterocycles. The maximum absolute atomic E-state index is 12.3. The molecule has 24 heavy (non-hydrogen) atoms. The van der Waals surface area contributed by atoms with E-state index in [9.17, 15) is 4.79 Å². The van der Waals surface area contributed by atoms with Gasteiger partial charge >= 0.3 is 0 Å². The van der Waals surface area contributed by atoms with Crippen molar-refractivity contribution in [2.45, 2.75) is 13.8 Å². The fraction of sp³-hybridized carbons (Fsp3) is 0.222. The van der Waals surface area contributed by atoms with Crippen LogP contribution in [-0.2, 0) is 0 Å². The summed E-state index contributed by atoms with van der Waals surface area (Å²) in [6.07, 6.45) is 0. The van der Waals surface area contributed by atoms with Crippen molar-refractivity contribution in [3.8, 4) is 16.3 Å². The van der Waals surface area contributed by atoms with E-state index in [0.717, 1.165) is 27.6 Å². The molecule has 2 heterocycles. The first-order valence-electron chi connectivity index (χ1n) is 7.61. The molecule has 0 unspecified atom stereocenters. The topological polar surface area (TPSA) is 51.2 Å². The van der Waals surface area contributed by atoms with E-state index >= 15 is 0 Å². The van der Waals surface area contributed by atoms with Crippen LogP contribution in [0.25, 0.3) is 10.6 Å². The normalized spacial score (nSPS) is 10.6. The highest BCUT2D eigenvalue weighted by Gasteiger charge is 2.16. The maximum atomic E-state index is 12.3. The van der Waals surface area contributed by atoms with Gasteiger partial charge in [-0.1, -0.05) is 12.1 Å². The van der Waals surface area contributed by atoms with Crippen molar-refractivity contribution in [3.05, 3.63) is 57.2 Å². The van der Waals surface area contributed by atoms with Gasteiger partial charge in [0.1, 0.15) is 22.2 Å². The summed E-state index contributed by atoms with van der Waals surface area (Å²) < 4.78 is 5.64. The Hall–Kier alpha value is -2.18. The number of ether oxygens (including phenoxy) is 1. The molecule has 0 atom stereocenters. The van der Waals surface area contributed by atoms with Crippen molar-refractivity contribution >= 4 is 28.6 Å². The minimum absolute atomic E-state index is 0.0979. The molecule has 4 nitrogen and oxygen atoms in total. The predicted octanol–water partition coefficient (Wildman–Crippen LogP) is 4.30. The second-order valence-corrected chi connectivity index (χ2v) is 7.15. The van der Waals surface area contributed by atoms with Gasteiger partial charge in [0.2, 0.25) is 0 Å². The number of rotatable bonds is 6. The molecule has 0 bridgehead atoms. The van der Waals surface area contributed by atoms with Crippen LogP contribution >= 0.6 is 22.7 Å². The molecule has 1 N–H and O–H groups in total. The Kier molecular flexibility index (Phi) is 5.27. The highest BCUT2D eigenvalue weighted by molar-refractivity contribution is 7.17. The molecule has 3 aromatic rings. The molecule has 0 aliphatic rings. The van der Waals surface area contributed by atoms with E-state index in [1.54, 1.807) is 11.3 Å². The van der Waals surface area contributed by atoms with E-state index in [1.807, 2.05) is 54.9 Å². The number of thiazole rings is 1. The van der Waals surface area contributed by atoms with Gasteiger partial charge < -0.3 is 10.1 Å². The molecule has 0 spiro atoms. The molecule has 0 saturated heterocycles. The number of hydrogen-bond donors (Lipinski definition) is 1. The van der Waals surface area contributed by atoms with Gasteiger partial charge in [0.15, 0.2) is 0 Å². The highest BCUT2D eigenvalue weighted by atomic mass is 32.1. The van der Waals surface area contributed by atoms with Crippen molar-refractivity contribution in [2.75, 3.05) is 13.2 Å². The van der Waals surface area contributed by atoms with Gasteiger partial charge in [-0.05, 0) is 43.0 Å². The van der Waals surface area contributed by atoms with Crippen molar-refractivity contribution in [1.82, 2.24) is 10.3 Å². The molecule has 124 valence electrons. The molecule has 0 aliphatic carbocycles. The molecule has 1 aromatic carbocycles. The average Bonchev–Trinajstić information content (AvgIpc) is 3.21. The SMILES string of the molecule is Cc1cccc(OCCNC(=O)c2sc(-c3ccsc3)nc2C)c1. The van der Waals surface area contributed by atoms with Gasteiger partial charge in [-0.15, -0.1) is 11.3 Å². The third-order valence-corrected chi connectivity index (χ3v) is 5.31. The van der Waals surface area contributed by atoms with Gasteiger partial charge in [-0.3, -0.25) is 4.79 Å². The zero-order valence-electron chi connectivity index (χ0n) is 13.5. The monoisotopic (exact) mass is 358 g/mol. The Morgan fingerprint density at radius 1 is 1.29 bits per heavy atom. The number of benzene rings is 1. The van der Waals surface area contributed by atoms with Gasteiger partial charge in [0, 0.05) is 10.9 Å². The van der Waals surface area contributed by atoms with E-state index in [2.05, 4.69) is 10.3 Å². The van der Waals surface area contributed by atoms with E-state index in [-0.39, 0.29) is 5.91 Å². The summed E-state index contributed by atoms with van der Waals surface area (Å²) >= 11 is 3.05.